The van der Waals surface area contributed by atoms with Crippen LogP contribution in [-0.4, -0.2) is 8.42 Å². The fourth-order valence-corrected chi connectivity index (χ4v) is 4.21. The Morgan fingerprint density at radius 3 is 2.46 bits per heavy atom. The Morgan fingerprint density at radius 1 is 1.04 bits per heavy atom. The molecule has 2 unspecified atom stereocenters. The van der Waals surface area contributed by atoms with Crippen LogP contribution in [0.25, 0.3) is 0 Å². The van der Waals surface area contributed by atoms with Crippen LogP contribution in [0.15, 0.2) is 53.4 Å². The van der Waals surface area contributed by atoms with Crippen LogP contribution >= 0.6 is 0 Å². The minimum Gasteiger partial charge on any atom is -0.378 e. The van der Waals surface area contributed by atoms with Gasteiger partial charge in [0, 0.05) is 5.56 Å². The number of ether oxygens (including phenoxy) is 1. The molecule has 2 aromatic rings. The Kier molecular flexibility index (Phi) is 3.51. The summed E-state index contributed by atoms with van der Waals surface area (Å²) in [6.45, 7) is 3.90. The molecule has 4 rings (SSSR count). The summed E-state index contributed by atoms with van der Waals surface area (Å²) in [4.78, 5) is 0.160. The van der Waals surface area contributed by atoms with Gasteiger partial charge in [0.1, 0.15) is 17.1 Å². The summed E-state index contributed by atoms with van der Waals surface area (Å²) in [5, 5.41) is 0. The van der Waals surface area contributed by atoms with Crippen molar-refractivity contribution in [2.75, 3.05) is 0 Å². The van der Waals surface area contributed by atoms with Gasteiger partial charge >= 0.3 is 10.1 Å². The maximum Gasteiger partial charge on any atom is 0.339 e. The van der Waals surface area contributed by atoms with Crippen LogP contribution in [0.4, 0.5) is 0 Å². The summed E-state index contributed by atoms with van der Waals surface area (Å²) in [5.74, 6) is 0.424. The summed E-state index contributed by atoms with van der Waals surface area (Å²) in [6, 6.07) is 10.6. The minimum atomic E-state index is -3.88. The molecule has 2 bridgehead atoms. The second-order valence-electron chi connectivity index (χ2n) is 6.12. The molecule has 2 atom stereocenters. The van der Waals surface area contributed by atoms with Gasteiger partial charge < -0.3 is 8.92 Å². The first-order chi connectivity index (χ1) is 11.5. The van der Waals surface area contributed by atoms with Crippen molar-refractivity contribution in [3.63, 3.8) is 0 Å². The lowest BCUT2D eigenvalue weighted by molar-refractivity contribution is 0.0873. The molecule has 0 fully saturated rings. The SMILES string of the molecule is CCc1ccc2c(c1OS(=O)(=O)c1ccc(C)cc1)C1C=CC2O1. The topological polar surface area (TPSA) is 52.6 Å². The van der Waals surface area contributed by atoms with E-state index >= 15 is 0 Å². The van der Waals surface area contributed by atoms with E-state index in [-0.39, 0.29) is 17.1 Å². The third-order valence-electron chi connectivity index (χ3n) is 4.54. The van der Waals surface area contributed by atoms with Crippen molar-refractivity contribution >= 4 is 10.1 Å². The van der Waals surface area contributed by atoms with E-state index in [0.717, 1.165) is 22.3 Å². The summed E-state index contributed by atoms with van der Waals surface area (Å²) in [6.07, 6.45) is 4.32. The normalized spacial score (nSPS) is 21.1. The molecule has 4 nitrogen and oxygen atoms in total. The highest BCUT2D eigenvalue weighted by Gasteiger charge is 2.38. The van der Waals surface area contributed by atoms with E-state index in [1.54, 1.807) is 24.3 Å². The van der Waals surface area contributed by atoms with Gasteiger partial charge in [0.2, 0.25) is 0 Å². The molecule has 124 valence electrons. The van der Waals surface area contributed by atoms with E-state index in [2.05, 4.69) is 0 Å². The fraction of sp³-hybridized carbons (Fsp3) is 0.263. The largest absolute Gasteiger partial charge is 0.378 e. The number of hydrogen-bond donors (Lipinski definition) is 0. The van der Waals surface area contributed by atoms with Gasteiger partial charge in [-0.3, -0.25) is 0 Å². The maximum atomic E-state index is 12.7. The fourth-order valence-electron chi connectivity index (χ4n) is 3.23. The average molecular weight is 342 g/mol. The molecule has 2 aromatic carbocycles. The third kappa shape index (κ3) is 2.36. The lowest BCUT2D eigenvalue weighted by atomic mass is 9.93. The van der Waals surface area contributed by atoms with Gasteiger partial charge in [-0.05, 0) is 36.6 Å². The molecule has 2 aliphatic heterocycles. The molecule has 2 aliphatic rings. The number of benzene rings is 2. The first-order valence-corrected chi connectivity index (χ1v) is 9.41. The summed E-state index contributed by atoms with van der Waals surface area (Å²) in [5.41, 5.74) is 3.71. The maximum absolute atomic E-state index is 12.7. The lowest BCUT2D eigenvalue weighted by Crippen LogP contribution is -2.13. The van der Waals surface area contributed by atoms with Gasteiger partial charge in [-0.15, -0.1) is 0 Å². The second kappa shape index (κ2) is 5.46. The highest BCUT2D eigenvalue weighted by molar-refractivity contribution is 7.87. The molecular formula is C19H18O4S. The van der Waals surface area contributed by atoms with Crippen molar-refractivity contribution in [3.05, 3.63) is 70.8 Å². The standard InChI is InChI=1S/C19H18O4S/c1-3-13-6-9-15-16-10-11-17(22-16)18(15)19(13)23-24(20,21)14-7-4-12(2)5-8-14/h4-11,16-17H,3H2,1-2H3. The van der Waals surface area contributed by atoms with Crippen molar-refractivity contribution in [2.45, 2.75) is 37.4 Å². The summed E-state index contributed by atoms with van der Waals surface area (Å²) in [7, 11) is -3.88. The van der Waals surface area contributed by atoms with Gasteiger partial charge in [-0.2, -0.15) is 8.42 Å². The van der Waals surface area contributed by atoms with E-state index in [1.165, 1.54) is 0 Å². The molecule has 0 saturated carbocycles. The molecule has 0 aromatic heterocycles. The number of fused-ring (bicyclic) bond motifs is 5. The van der Waals surface area contributed by atoms with Crippen molar-refractivity contribution in [1.29, 1.82) is 0 Å². The second-order valence-corrected chi connectivity index (χ2v) is 7.67. The average Bonchev–Trinajstić information content (AvgIpc) is 3.17. The molecule has 2 heterocycles. The monoisotopic (exact) mass is 342 g/mol. The highest BCUT2D eigenvalue weighted by atomic mass is 32.2. The van der Waals surface area contributed by atoms with Crippen LogP contribution in [0, 0.1) is 6.92 Å². The van der Waals surface area contributed by atoms with Crippen LogP contribution < -0.4 is 4.18 Å². The molecule has 24 heavy (non-hydrogen) atoms. The first kappa shape index (κ1) is 15.4. The van der Waals surface area contributed by atoms with Gasteiger partial charge in [0.05, 0.1) is 0 Å². The third-order valence-corrected chi connectivity index (χ3v) is 5.78. The molecule has 0 aliphatic carbocycles. The summed E-state index contributed by atoms with van der Waals surface area (Å²) >= 11 is 0. The Labute approximate surface area is 141 Å². The predicted molar refractivity (Wildman–Crippen MR) is 90.5 cm³/mol. The van der Waals surface area contributed by atoms with Gasteiger partial charge in [-0.1, -0.05) is 48.9 Å². The van der Waals surface area contributed by atoms with Crippen molar-refractivity contribution in [2.24, 2.45) is 0 Å². The predicted octanol–water partition coefficient (Wildman–Crippen LogP) is 4.01. The Morgan fingerprint density at radius 2 is 1.75 bits per heavy atom. The molecular weight excluding hydrogens is 324 g/mol. The minimum absolute atomic E-state index is 0.0969. The lowest BCUT2D eigenvalue weighted by Gasteiger charge is -2.17. The number of rotatable bonds is 4. The zero-order chi connectivity index (χ0) is 16.9. The number of hydrogen-bond acceptors (Lipinski definition) is 4. The Hall–Kier alpha value is -2.11. The Bertz CT molecular complexity index is 927. The smallest absolute Gasteiger partial charge is 0.339 e. The molecule has 0 N–H and O–H groups in total. The molecule has 0 radical (unpaired) electrons. The van der Waals surface area contributed by atoms with Crippen molar-refractivity contribution in [3.8, 4) is 5.75 Å². The zero-order valence-electron chi connectivity index (χ0n) is 13.5. The van der Waals surface area contributed by atoms with Gasteiger partial charge in [0.25, 0.3) is 0 Å². The zero-order valence-corrected chi connectivity index (χ0v) is 14.3. The van der Waals surface area contributed by atoms with Crippen molar-refractivity contribution in [1.82, 2.24) is 0 Å². The van der Waals surface area contributed by atoms with Crippen LogP contribution in [0.2, 0.25) is 0 Å². The van der Waals surface area contributed by atoms with E-state index in [9.17, 15) is 8.42 Å². The molecule has 0 saturated heterocycles. The van der Waals surface area contributed by atoms with E-state index < -0.39 is 10.1 Å². The molecule has 0 spiro atoms. The summed E-state index contributed by atoms with van der Waals surface area (Å²) < 4.78 is 36.8. The molecule has 0 amide bonds. The van der Waals surface area contributed by atoms with Crippen LogP contribution in [0.5, 0.6) is 5.75 Å². The van der Waals surface area contributed by atoms with Gasteiger partial charge in [0.15, 0.2) is 5.75 Å². The highest BCUT2D eigenvalue weighted by Crippen LogP contribution is 2.51. The van der Waals surface area contributed by atoms with Crippen LogP contribution in [0.3, 0.4) is 0 Å². The van der Waals surface area contributed by atoms with Gasteiger partial charge in [-0.25, -0.2) is 0 Å². The van der Waals surface area contributed by atoms with Crippen LogP contribution in [-0.2, 0) is 21.3 Å². The quantitative estimate of drug-likeness (QED) is 0.622. The van der Waals surface area contributed by atoms with Crippen LogP contribution in [0.1, 0.15) is 41.4 Å². The van der Waals surface area contributed by atoms with E-state index in [1.807, 2.05) is 38.1 Å². The molecule has 5 heteroatoms. The van der Waals surface area contributed by atoms with E-state index in [4.69, 9.17) is 8.92 Å². The van der Waals surface area contributed by atoms with E-state index in [0.29, 0.717) is 12.2 Å². The van der Waals surface area contributed by atoms with Crippen molar-refractivity contribution < 1.29 is 17.3 Å². The number of aryl methyl sites for hydroxylation is 2. The first-order valence-electron chi connectivity index (χ1n) is 8.00. The Balaban J connectivity index is 1.79.